The van der Waals surface area contributed by atoms with Crippen LogP contribution in [-0.2, 0) is 6.61 Å². The van der Waals surface area contributed by atoms with Crippen LogP contribution in [0.3, 0.4) is 0 Å². The fraction of sp³-hybridized carbons (Fsp3) is 0.231. The van der Waals surface area contributed by atoms with Gasteiger partial charge in [-0.1, -0.05) is 41.0 Å². The molecule has 204 valence electrons. The predicted octanol–water partition coefficient (Wildman–Crippen LogP) is 7.35. The molecule has 39 heavy (non-hydrogen) atoms. The van der Waals surface area contributed by atoms with Gasteiger partial charge in [0.25, 0.3) is 0 Å². The minimum Gasteiger partial charge on any atom is -0.497 e. The van der Waals surface area contributed by atoms with Crippen LogP contribution in [0.1, 0.15) is 22.2 Å². The third kappa shape index (κ3) is 6.96. The van der Waals surface area contributed by atoms with E-state index in [0.717, 1.165) is 11.3 Å². The van der Waals surface area contributed by atoms with Gasteiger partial charge in [0.1, 0.15) is 23.4 Å². The highest BCUT2D eigenvalue weighted by molar-refractivity contribution is 9.10. The topological polar surface area (TPSA) is 102 Å². The first kappa shape index (κ1) is 29.0. The number of aryl methyl sites for hydroxylation is 1. The number of methoxy groups -OCH3 is 2. The second-order valence-electron chi connectivity index (χ2n) is 8.24. The molecular weight excluding hydrogens is 631 g/mol. The Morgan fingerprint density at radius 2 is 1.82 bits per heavy atom. The van der Waals surface area contributed by atoms with E-state index in [0.29, 0.717) is 48.3 Å². The molecule has 0 spiro atoms. The number of hydrogen-bond acceptors (Lipinski definition) is 8. The Labute approximate surface area is 247 Å². The van der Waals surface area contributed by atoms with Crippen LogP contribution in [0.4, 0.5) is 0 Å². The van der Waals surface area contributed by atoms with Crippen LogP contribution in [-0.4, -0.2) is 40.5 Å². The number of halogens is 3. The maximum absolute atomic E-state index is 11.7. The lowest BCUT2D eigenvalue weighted by molar-refractivity contribution is -0.479. The molecule has 1 aromatic heterocycles. The van der Waals surface area contributed by atoms with Crippen molar-refractivity contribution in [2.75, 3.05) is 20.8 Å². The molecule has 0 bridgehead atoms. The van der Waals surface area contributed by atoms with Gasteiger partial charge in [0.2, 0.25) is 6.54 Å². The molecule has 0 saturated carbocycles. The first-order valence-corrected chi connectivity index (χ1v) is 13.9. The maximum Gasteiger partial charge on any atom is 0.220 e. The van der Waals surface area contributed by atoms with E-state index in [2.05, 4.69) is 26.1 Å². The zero-order valence-corrected chi connectivity index (χ0v) is 25.0. The lowest BCUT2D eigenvalue weighted by Gasteiger charge is -2.18. The molecular formula is C26H23BrCl2N4O5S. The summed E-state index contributed by atoms with van der Waals surface area (Å²) in [6.45, 7) is 1.64. The highest BCUT2D eigenvalue weighted by atomic mass is 79.9. The smallest absolute Gasteiger partial charge is 0.220 e. The summed E-state index contributed by atoms with van der Waals surface area (Å²) in [5, 5.41) is 21.1. The van der Waals surface area contributed by atoms with E-state index < -0.39 is 5.25 Å². The molecule has 1 atom stereocenters. The SMILES string of the molecule is COc1ccc(-n2c(C)nnc2S[C@@H](C[N+](=O)[O-])c2cc(Br)c(OCc3ccc(Cl)cc3Cl)c(OC)c2)cc1. The van der Waals surface area contributed by atoms with Crippen molar-refractivity contribution in [3.63, 3.8) is 0 Å². The van der Waals surface area contributed by atoms with E-state index in [1.165, 1.54) is 18.9 Å². The minimum absolute atomic E-state index is 0.168. The van der Waals surface area contributed by atoms with Crippen molar-refractivity contribution >= 4 is 50.9 Å². The largest absolute Gasteiger partial charge is 0.497 e. The van der Waals surface area contributed by atoms with Crippen LogP contribution < -0.4 is 14.2 Å². The Balaban J connectivity index is 1.64. The molecule has 4 aromatic rings. The summed E-state index contributed by atoms with van der Waals surface area (Å²) in [4.78, 5) is 11.3. The molecule has 0 aliphatic rings. The van der Waals surface area contributed by atoms with Gasteiger partial charge in [-0.25, -0.2) is 0 Å². The van der Waals surface area contributed by atoms with Gasteiger partial charge < -0.3 is 14.2 Å². The summed E-state index contributed by atoms with van der Waals surface area (Å²) in [5.74, 6) is 2.20. The van der Waals surface area contributed by atoms with E-state index in [9.17, 15) is 10.1 Å². The van der Waals surface area contributed by atoms with Crippen LogP contribution in [0.5, 0.6) is 17.2 Å². The Kier molecular flexibility index (Phi) is 9.60. The van der Waals surface area contributed by atoms with Crippen LogP contribution in [0, 0.1) is 17.0 Å². The molecule has 9 nitrogen and oxygen atoms in total. The van der Waals surface area contributed by atoms with Crippen LogP contribution >= 0.6 is 50.9 Å². The molecule has 13 heteroatoms. The van der Waals surface area contributed by atoms with Crippen molar-refractivity contribution in [1.82, 2.24) is 14.8 Å². The van der Waals surface area contributed by atoms with Gasteiger partial charge in [0.15, 0.2) is 16.7 Å². The lowest BCUT2D eigenvalue weighted by atomic mass is 10.1. The minimum atomic E-state index is -0.606. The molecule has 0 unspecified atom stereocenters. The Hall–Kier alpha value is -2.99. The quantitative estimate of drug-likeness (QED) is 0.0941. The molecule has 0 aliphatic carbocycles. The van der Waals surface area contributed by atoms with Crippen molar-refractivity contribution in [3.8, 4) is 22.9 Å². The second kappa shape index (κ2) is 12.9. The number of thioether (sulfide) groups is 1. The van der Waals surface area contributed by atoms with Gasteiger partial charge in [0, 0.05) is 26.2 Å². The monoisotopic (exact) mass is 652 g/mol. The van der Waals surface area contributed by atoms with Crippen molar-refractivity contribution in [3.05, 3.63) is 96.2 Å². The summed E-state index contributed by atoms with van der Waals surface area (Å²) in [6.07, 6.45) is 0. The molecule has 1 heterocycles. The van der Waals surface area contributed by atoms with Crippen molar-refractivity contribution in [1.29, 1.82) is 0 Å². The summed E-state index contributed by atoms with van der Waals surface area (Å²) in [5.41, 5.74) is 2.21. The molecule has 0 radical (unpaired) electrons. The van der Waals surface area contributed by atoms with E-state index in [4.69, 9.17) is 37.4 Å². The van der Waals surface area contributed by atoms with E-state index in [1.54, 1.807) is 37.4 Å². The molecule has 0 aliphatic heterocycles. The standard InChI is InChI=1S/C26H23BrCl2N4O5S/c1-15-30-31-26(33(15)19-6-8-20(36-2)9-7-19)39-24(13-32(34)35)17-10-21(27)25(23(11-17)37-3)38-14-16-4-5-18(28)12-22(16)29/h4-12,24H,13-14H2,1-3H3/t24-/m0/s1. The maximum atomic E-state index is 11.7. The van der Waals surface area contributed by atoms with Crippen LogP contribution in [0.15, 0.2) is 64.2 Å². The molecule has 0 fully saturated rings. The number of benzene rings is 3. The first-order valence-electron chi connectivity index (χ1n) is 11.5. The van der Waals surface area contributed by atoms with Crippen molar-refractivity contribution in [2.45, 2.75) is 23.9 Å². The average Bonchev–Trinajstić information content (AvgIpc) is 3.27. The molecule has 0 amide bonds. The van der Waals surface area contributed by atoms with E-state index >= 15 is 0 Å². The van der Waals surface area contributed by atoms with Crippen LogP contribution in [0.2, 0.25) is 10.0 Å². The number of rotatable bonds is 11. The zero-order chi connectivity index (χ0) is 28.1. The van der Waals surface area contributed by atoms with Crippen molar-refractivity contribution < 1.29 is 19.1 Å². The Morgan fingerprint density at radius 1 is 1.08 bits per heavy atom. The fourth-order valence-electron chi connectivity index (χ4n) is 3.78. The summed E-state index contributed by atoms with van der Waals surface area (Å²) in [7, 11) is 3.10. The summed E-state index contributed by atoms with van der Waals surface area (Å²) in [6, 6.07) is 16.1. The highest BCUT2D eigenvalue weighted by Gasteiger charge is 2.26. The van der Waals surface area contributed by atoms with Crippen LogP contribution in [0.25, 0.3) is 5.69 Å². The van der Waals surface area contributed by atoms with Gasteiger partial charge >= 0.3 is 0 Å². The van der Waals surface area contributed by atoms with Gasteiger partial charge in [-0.15, -0.1) is 10.2 Å². The van der Waals surface area contributed by atoms with E-state index in [-0.39, 0.29) is 18.1 Å². The average molecular weight is 654 g/mol. The molecule has 4 rings (SSSR count). The number of nitro groups is 1. The van der Waals surface area contributed by atoms with E-state index in [1.807, 2.05) is 35.8 Å². The number of nitrogens with zero attached hydrogens (tertiary/aromatic N) is 4. The second-order valence-corrected chi connectivity index (χ2v) is 11.1. The third-order valence-corrected chi connectivity index (χ3v) is 8.06. The number of aromatic nitrogens is 3. The Bertz CT molecular complexity index is 1490. The number of ether oxygens (including phenoxy) is 3. The van der Waals surface area contributed by atoms with Gasteiger partial charge in [-0.05, 0) is 76.9 Å². The molecule has 0 N–H and O–H groups in total. The highest BCUT2D eigenvalue weighted by Crippen LogP contribution is 2.43. The fourth-order valence-corrected chi connectivity index (χ4v) is 5.97. The van der Waals surface area contributed by atoms with Crippen molar-refractivity contribution in [2.24, 2.45) is 0 Å². The summed E-state index contributed by atoms with van der Waals surface area (Å²) >= 11 is 17.1. The Morgan fingerprint density at radius 3 is 2.46 bits per heavy atom. The van der Waals surface area contributed by atoms with Gasteiger partial charge in [-0.3, -0.25) is 14.7 Å². The predicted molar refractivity (Wildman–Crippen MR) is 155 cm³/mol. The number of hydrogen-bond donors (Lipinski definition) is 0. The normalized spacial score (nSPS) is 11.7. The third-order valence-electron chi connectivity index (χ3n) is 5.70. The van der Waals surface area contributed by atoms with Gasteiger partial charge in [0.05, 0.1) is 18.7 Å². The molecule has 0 saturated heterocycles. The lowest BCUT2D eigenvalue weighted by Crippen LogP contribution is -2.12. The first-order chi connectivity index (χ1) is 18.7. The zero-order valence-electron chi connectivity index (χ0n) is 21.1. The van der Waals surface area contributed by atoms with Gasteiger partial charge in [-0.2, -0.15) is 0 Å². The summed E-state index contributed by atoms with van der Waals surface area (Å²) < 4.78 is 19.3. The molecule has 3 aromatic carbocycles.